The van der Waals surface area contributed by atoms with Gasteiger partial charge in [0.2, 0.25) is 10.0 Å². The van der Waals surface area contributed by atoms with Gasteiger partial charge in [-0.3, -0.25) is 0 Å². The van der Waals surface area contributed by atoms with Crippen LogP contribution in [-0.2, 0) is 16.4 Å². The second-order valence-electron chi connectivity index (χ2n) is 4.28. The lowest BCUT2D eigenvalue weighted by Crippen LogP contribution is -2.25. The number of rotatable bonds is 5. The van der Waals surface area contributed by atoms with Crippen molar-refractivity contribution in [2.45, 2.75) is 11.3 Å². The fourth-order valence-electron chi connectivity index (χ4n) is 1.76. The molecule has 0 saturated heterocycles. The highest BCUT2D eigenvalue weighted by Gasteiger charge is 2.13. The van der Waals surface area contributed by atoms with E-state index in [1.807, 2.05) is 12.1 Å². The van der Waals surface area contributed by atoms with E-state index in [9.17, 15) is 13.5 Å². The Kier molecular flexibility index (Phi) is 4.65. The SMILES string of the molecule is O=S(=O)(NCCc1cccc(Cl)c1)c1cccc(O)c1. The van der Waals surface area contributed by atoms with Gasteiger partial charge in [-0.25, -0.2) is 13.1 Å². The van der Waals surface area contributed by atoms with Crippen LogP contribution in [0.1, 0.15) is 5.56 Å². The van der Waals surface area contributed by atoms with Crippen LogP contribution in [0.5, 0.6) is 5.75 Å². The fraction of sp³-hybridized carbons (Fsp3) is 0.143. The van der Waals surface area contributed by atoms with Gasteiger partial charge in [0.15, 0.2) is 0 Å². The van der Waals surface area contributed by atoms with Gasteiger partial charge in [-0.05, 0) is 42.3 Å². The number of benzene rings is 2. The molecule has 0 aliphatic rings. The maximum Gasteiger partial charge on any atom is 0.240 e. The minimum atomic E-state index is -3.61. The second-order valence-corrected chi connectivity index (χ2v) is 6.48. The van der Waals surface area contributed by atoms with E-state index in [-0.39, 0.29) is 17.2 Å². The van der Waals surface area contributed by atoms with Crippen LogP contribution in [0.25, 0.3) is 0 Å². The van der Waals surface area contributed by atoms with Gasteiger partial charge in [0, 0.05) is 11.6 Å². The molecule has 0 aliphatic heterocycles. The topological polar surface area (TPSA) is 66.4 Å². The molecular formula is C14H14ClNO3S. The maximum absolute atomic E-state index is 12.0. The van der Waals surface area contributed by atoms with Gasteiger partial charge in [0.05, 0.1) is 4.90 Å². The van der Waals surface area contributed by atoms with Crippen molar-refractivity contribution < 1.29 is 13.5 Å². The molecule has 106 valence electrons. The second kappa shape index (κ2) is 6.26. The minimum Gasteiger partial charge on any atom is -0.508 e. The van der Waals surface area contributed by atoms with E-state index in [0.29, 0.717) is 11.4 Å². The molecule has 2 rings (SSSR count). The Labute approximate surface area is 123 Å². The highest BCUT2D eigenvalue weighted by Crippen LogP contribution is 2.16. The van der Waals surface area contributed by atoms with Crippen molar-refractivity contribution in [3.63, 3.8) is 0 Å². The summed E-state index contributed by atoms with van der Waals surface area (Å²) in [4.78, 5) is 0.0450. The number of phenolic OH excluding ortho intramolecular Hbond substituents is 1. The number of sulfonamides is 1. The van der Waals surface area contributed by atoms with Gasteiger partial charge >= 0.3 is 0 Å². The van der Waals surface area contributed by atoms with Crippen LogP contribution in [-0.4, -0.2) is 20.1 Å². The molecule has 0 aromatic heterocycles. The molecule has 0 amide bonds. The lowest BCUT2D eigenvalue weighted by molar-refractivity contribution is 0.473. The first kappa shape index (κ1) is 14.8. The highest BCUT2D eigenvalue weighted by molar-refractivity contribution is 7.89. The van der Waals surface area contributed by atoms with Gasteiger partial charge in [-0.15, -0.1) is 0 Å². The Bertz CT molecular complexity index is 701. The minimum absolute atomic E-state index is 0.0450. The zero-order valence-corrected chi connectivity index (χ0v) is 12.2. The van der Waals surface area contributed by atoms with Crippen LogP contribution >= 0.6 is 11.6 Å². The quantitative estimate of drug-likeness (QED) is 0.892. The molecule has 0 bridgehead atoms. The standard InChI is InChI=1S/C14H14ClNO3S/c15-12-4-1-3-11(9-12)7-8-16-20(18,19)14-6-2-5-13(17)10-14/h1-6,9-10,16-17H,7-8H2. The molecule has 0 unspecified atom stereocenters. The van der Waals surface area contributed by atoms with E-state index in [0.717, 1.165) is 5.56 Å². The number of nitrogens with one attached hydrogen (secondary N) is 1. The molecule has 0 atom stereocenters. The van der Waals surface area contributed by atoms with E-state index in [2.05, 4.69) is 4.72 Å². The molecule has 0 fully saturated rings. The van der Waals surface area contributed by atoms with Gasteiger partial charge in [0.1, 0.15) is 5.75 Å². The Morgan fingerprint density at radius 3 is 2.55 bits per heavy atom. The van der Waals surface area contributed by atoms with Crippen LogP contribution in [0, 0.1) is 0 Å². The number of aromatic hydroxyl groups is 1. The molecule has 0 aliphatic carbocycles. The summed E-state index contributed by atoms with van der Waals surface area (Å²) in [6.07, 6.45) is 0.540. The summed E-state index contributed by atoms with van der Waals surface area (Å²) in [6, 6.07) is 12.8. The Balaban J connectivity index is 2.00. The molecule has 2 N–H and O–H groups in total. The summed E-state index contributed by atoms with van der Waals surface area (Å²) in [7, 11) is -3.61. The van der Waals surface area contributed by atoms with Crippen molar-refractivity contribution in [1.82, 2.24) is 4.72 Å². The predicted octanol–water partition coefficient (Wildman–Crippen LogP) is 2.57. The molecule has 2 aromatic carbocycles. The van der Waals surface area contributed by atoms with E-state index < -0.39 is 10.0 Å². The normalized spacial score (nSPS) is 11.4. The average Bonchev–Trinajstić information content (AvgIpc) is 2.38. The van der Waals surface area contributed by atoms with E-state index in [1.54, 1.807) is 12.1 Å². The Morgan fingerprint density at radius 2 is 1.85 bits per heavy atom. The summed E-state index contributed by atoms with van der Waals surface area (Å²) in [5, 5.41) is 9.93. The number of hydrogen-bond acceptors (Lipinski definition) is 3. The van der Waals surface area contributed by atoms with Crippen LogP contribution in [0.4, 0.5) is 0 Å². The van der Waals surface area contributed by atoms with Gasteiger partial charge < -0.3 is 5.11 Å². The maximum atomic E-state index is 12.0. The van der Waals surface area contributed by atoms with Crippen LogP contribution in [0.15, 0.2) is 53.4 Å². The van der Waals surface area contributed by atoms with Crippen molar-refractivity contribution in [3.8, 4) is 5.75 Å². The molecular weight excluding hydrogens is 298 g/mol. The average molecular weight is 312 g/mol. The molecule has 2 aromatic rings. The number of halogens is 1. The first-order valence-corrected chi connectivity index (χ1v) is 7.87. The first-order valence-electron chi connectivity index (χ1n) is 6.00. The van der Waals surface area contributed by atoms with Crippen molar-refractivity contribution >= 4 is 21.6 Å². The van der Waals surface area contributed by atoms with Crippen molar-refractivity contribution in [1.29, 1.82) is 0 Å². The summed E-state index contributed by atoms with van der Waals surface area (Å²) in [5.74, 6) is -0.0808. The molecule has 0 heterocycles. The van der Waals surface area contributed by atoms with Crippen molar-refractivity contribution in [3.05, 3.63) is 59.1 Å². The molecule has 0 saturated carbocycles. The van der Waals surface area contributed by atoms with Crippen LogP contribution in [0.2, 0.25) is 5.02 Å². The van der Waals surface area contributed by atoms with E-state index >= 15 is 0 Å². The summed E-state index contributed by atoms with van der Waals surface area (Å²) >= 11 is 5.86. The number of phenols is 1. The summed E-state index contributed by atoms with van der Waals surface area (Å²) in [5.41, 5.74) is 0.955. The molecule has 6 heteroatoms. The van der Waals surface area contributed by atoms with Crippen LogP contribution in [0.3, 0.4) is 0 Å². The zero-order valence-electron chi connectivity index (χ0n) is 10.6. The largest absolute Gasteiger partial charge is 0.508 e. The Morgan fingerprint density at radius 1 is 1.10 bits per heavy atom. The lowest BCUT2D eigenvalue weighted by atomic mass is 10.2. The lowest BCUT2D eigenvalue weighted by Gasteiger charge is -2.07. The molecule has 4 nitrogen and oxygen atoms in total. The highest BCUT2D eigenvalue weighted by atomic mass is 35.5. The monoisotopic (exact) mass is 311 g/mol. The van der Waals surface area contributed by atoms with E-state index in [1.165, 1.54) is 24.3 Å². The van der Waals surface area contributed by atoms with Crippen molar-refractivity contribution in [2.75, 3.05) is 6.54 Å². The number of hydrogen-bond donors (Lipinski definition) is 2. The zero-order chi connectivity index (χ0) is 14.6. The van der Waals surface area contributed by atoms with Crippen molar-refractivity contribution in [2.24, 2.45) is 0 Å². The summed E-state index contributed by atoms with van der Waals surface area (Å²) in [6.45, 7) is 0.262. The predicted molar refractivity (Wildman–Crippen MR) is 78.5 cm³/mol. The van der Waals surface area contributed by atoms with E-state index in [4.69, 9.17) is 11.6 Å². The fourth-order valence-corrected chi connectivity index (χ4v) is 3.04. The molecule has 0 radical (unpaired) electrons. The van der Waals surface area contributed by atoms with Crippen LogP contribution < -0.4 is 4.72 Å². The summed E-state index contributed by atoms with van der Waals surface area (Å²) < 4.78 is 26.5. The van der Waals surface area contributed by atoms with Gasteiger partial charge in [-0.2, -0.15) is 0 Å². The third kappa shape index (κ3) is 3.96. The smallest absolute Gasteiger partial charge is 0.240 e. The van der Waals surface area contributed by atoms with Gasteiger partial charge in [0.25, 0.3) is 0 Å². The van der Waals surface area contributed by atoms with Gasteiger partial charge in [-0.1, -0.05) is 29.8 Å². The third-order valence-corrected chi connectivity index (χ3v) is 4.42. The third-order valence-electron chi connectivity index (χ3n) is 2.72. The Hall–Kier alpha value is -1.56. The molecule has 20 heavy (non-hydrogen) atoms. The first-order chi connectivity index (χ1) is 9.47. The molecule has 0 spiro atoms.